The Morgan fingerprint density at radius 3 is 2.50 bits per heavy atom. The van der Waals surface area contributed by atoms with Gasteiger partial charge in [-0.05, 0) is 61.1 Å². The first-order valence-electron chi connectivity index (χ1n) is 8.15. The van der Waals surface area contributed by atoms with Crippen LogP contribution in [-0.2, 0) is 11.2 Å². The molecule has 2 aromatic carbocycles. The summed E-state index contributed by atoms with van der Waals surface area (Å²) in [7, 11) is 0. The van der Waals surface area contributed by atoms with Crippen LogP contribution in [0.5, 0.6) is 11.5 Å². The van der Waals surface area contributed by atoms with Gasteiger partial charge in [0.1, 0.15) is 11.5 Å². The highest BCUT2D eigenvalue weighted by atomic mass is 16.6. The number of epoxide rings is 1. The van der Waals surface area contributed by atoms with Crippen molar-refractivity contribution in [3.05, 3.63) is 59.7 Å². The van der Waals surface area contributed by atoms with E-state index in [1.165, 1.54) is 11.1 Å². The van der Waals surface area contributed by atoms with Crippen LogP contribution >= 0.6 is 0 Å². The van der Waals surface area contributed by atoms with Crippen molar-refractivity contribution in [3.63, 3.8) is 0 Å². The van der Waals surface area contributed by atoms with Gasteiger partial charge in [0.25, 0.3) is 0 Å². The van der Waals surface area contributed by atoms with Crippen LogP contribution in [0.1, 0.15) is 31.4 Å². The maximum atomic E-state index is 5.89. The molecule has 0 aliphatic carbocycles. The Bertz CT molecular complexity index is 621. The van der Waals surface area contributed by atoms with Crippen molar-refractivity contribution in [1.82, 2.24) is 0 Å². The summed E-state index contributed by atoms with van der Waals surface area (Å²) in [6.07, 6.45) is 3.12. The lowest BCUT2D eigenvalue weighted by molar-refractivity contribution is 0.322. The van der Waals surface area contributed by atoms with Gasteiger partial charge in [-0.25, -0.2) is 0 Å². The number of benzene rings is 2. The van der Waals surface area contributed by atoms with Gasteiger partial charge in [-0.2, -0.15) is 0 Å². The van der Waals surface area contributed by atoms with Crippen molar-refractivity contribution in [2.45, 2.75) is 45.8 Å². The third kappa shape index (κ3) is 3.50. The lowest BCUT2D eigenvalue weighted by atomic mass is 9.93. The Labute approximate surface area is 133 Å². The first-order chi connectivity index (χ1) is 10.7. The SMILES string of the molecule is CCC1OC1C(C)Cc1ccc(Oc2ccccc2)cc1C. The number of aryl methyl sites for hydroxylation is 1. The molecule has 1 fully saturated rings. The van der Waals surface area contributed by atoms with Gasteiger partial charge in [0, 0.05) is 0 Å². The largest absolute Gasteiger partial charge is 0.457 e. The second-order valence-corrected chi connectivity index (χ2v) is 6.23. The minimum absolute atomic E-state index is 0.449. The van der Waals surface area contributed by atoms with Crippen molar-refractivity contribution in [2.24, 2.45) is 5.92 Å². The summed E-state index contributed by atoms with van der Waals surface area (Å²) in [6, 6.07) is 16.3. The molecule has 2 aromatic rings. The van der Waals surface area contributed by atoms with E-state index in [0.717, 1.165) is 24.3 Å². The monoisotopic (exact) mass is 296 g/mol. The van der Waals surface area contributed by atoms with Gasteiger partial charge in [-0.1, -0.05) is 38.1 Å². The van der Waals surface area contributed by atoms with Gasteiger partial charge in [-0.3, -0.25) is 0 Å². The van der Waals surface area contributed by atoms with Gasteiger partial charge in [-0.15, -0.1) is 0 Å². The van der Waals surface area contributed by atoms with Gasteiger partial charge in [0.2, 0.25) is 0 Å². The average Bonchev–Trinajstić information content (AvgIpc) is 3.31. The molecule has 0 N–H and O–H groups in total. The topological polar surface area (TPSA) is 21.8 Å². The zero-order valence-electron chi connectivity index (χ0n) is 13.6. The minimum Gasteiger partial charge on any atom is -0.457 e. The highest BCUT2D eigenvalue weighted by Gasteiger charge is 2.41. The molecule has 0 spiro atoms. The number of hydrogen-bond acceptors (Lipinski definition) is 2. The summed E-state index contributed by atoms with van der Waals surface area (Å²) in [5.41, 5.74) is 2.67. The van der Waals surface area contributed by atoms with Crippen LogP contribution in [0.25, 0.3) is 0 Å². The summed E-state index contributed by atoms with van der Waals surface area (Å²) in [6.45, 7) is 6.64. The second-order valence-electron chi connectivity index (χ2n) is 6.23. The number of ether oxygens (including phenoxy) is 2. The molecule has 0 amide bonds. The molecular weight excluding hydrogens is 272 g/mol. The molecule has 3 rings (SSSR count). The normalized spacial score (nSPS) is 21.4. The highest BCUT2D eigenvalue weighted by Crippen LogP contribution is 2.34. The van der Waals surface area contributed by atoms with E-state index in [9.17, 15) is 0 Å². The third-order valence-corrected chi connectivity index (χ3v) is 4.42. The maximum Gasteiger partial charge on any atom is 0.127 e. The fraction of sp³-hybridized carbons (Fsp3) is 0.400. The second kappa shape index (κ2) is 6.53. The first kappa shape index (κ1) is 15.1. The molecule has 0 aromatic heterocycles. The lowest BCUT2D eigenvalue weighted by Crippen LogP contribution is -2.10. The van der Waals surface area contributed by atoms with Gasteiger partial charge < -0.3 is 9.47 Å². The van der Waals surface area contributed by atoms with Gasteiger partial charge in [0.05, 0.1) is 12.2 Å². The van der Waals surface area contributed by atoms with Crippen LogP contribution in [0, 0.1) is 12.8 Å². The maximum absolute atomic E-state index is 5.89. The van der Waals surface area contributed by atoms with Crippen LogP contribution in [0.3, 0.4) is 0 Å². The predicted octanol–water partition coefficient (Wildman–Crippen LogP) is 5.14. The summed E-state index contributed by atoms with van der Waals surface area (Å²) in [4.78, 5) is 0. The Morgan fingerprint density at radius 2 is 1.86 bits per heavy atom. The van der Waals surface area contributed by atoms with Crippen molar-refractivity contribution in [1.29, 1.82) is 0 Å². The first-order valence-corrected chi connectivity index (χ1v) is 8.15. The molecule has 0 bridgehead atoms. The molecule has 3 unspecified atom stereocenters. The van der Waals surface area contributed by atoms with E-state index < -0.39 is 0 Å². The summed E-state index contributed by atoms with van der Waals surface area (Å²) >= 11 is 0. The van der Waals surface area contributed by atoms with E-state index in [2.05, 4.69) is 39.0 Å². The number of hydrogen-bond donors (Lipinski definition) is 0. The fourth-order valence-corrected chi connectivity index (χ4v) is 3.03. The zero-order chi connectivity index (χ0) is 15.5. The molecule has 1 aliphatic rings. The molecular formula is C20H24O2. The van der Waals surface area contributed by atoms with Gasteiger partial charge >= 0.3 is 0 Å². The lowest BCUT2D eigenvalue weighted by Gasteiger charge is -2.13. The Morgan fingerprint density at radius 1 is 1.09 bits per heavy atom. The molecule has 22 heavy (non-hydrogen) atoms. The molecule has 0 saturated carbocycles. The standard InChI is InChI=1S/C20H24O2/c1-4-19-20(22-19)15(3)12-16-10-11-18(13-14(16)2)21-17-8-6-5-7-9-17/h5-11,13,15,19-20H,4,12H2,1-3H3. The van der Waals surface area contributed by atoms with E-state index in [1.807, 2.05) is 30.3 Å². The van der Waals surface area contributed by atoms with Crippen LogP contribution in [0.4, 0.5) is 0 Å². The Kier molecular flexibility index (Phi) is 4.49. The van der Waals surface area contributed by atoms with Crippen LogP contribution in [0.15, 0.2) is 48.5 Å². The zero-order valence-corrected chi connectivity index (χ0v) is 13.6. The number of rotatable bonds is 6. The van der Waals surface area contributed by atoms with E-state index in [1.54, 1.807) is 0 Å². The quantitative estimate of drug-likeness (QED) is 0.688. The van der Waals surface area contributed by atoms with Crippen molar-refractivity contribution >= 4 is 0 Å². The van der Waals surface area contributed by atoms with Crippen LogP contribution in [-0.4, -0.2) is 12.2 Å². The van der Waals surface area contributed by atoms with Crippen LogP contribution in [0.2, 0.25) is 0 Å². The van der Waals surface area contributed by atoms with Crippen molar-refractivity contribution < 1.29 is 9.47 Å². The van der Waals surface area contributed by atoms with Crippen molar-refractivity contribution in [3.8, 4) is 11.5 Å². The van der Waals surface area contributed by atoms with E-state index >= 15 is 0 Å². The van der Waals surface area contributed by atoms with E-state index in [-0.39, 0.29) is 0 Å². The molecule has 2 heteroatoms. The molecule has 1 saturated heterocycles. The molecule has 1 heterocycles. The molecule has 3 atom stereocenters. The smallest absolute Gasteiger partial charge is 0.127 e. The molecule has 2 nitrogen and oxygen atoms in total. The molecule has 1 aliphatic heterocycles. The van der Waals surface area contributed by atoms with Crippen molar-refractivity contribution in [2.75, 3.05) is 0 Å². The average molecular weight is 296 g/mol. The molecule has 116 valence electrons. The van der Waals surface area contributed by atoms with Crippen LogP contribution < -0.4 is 4.74 Å². The van der Waals surface area contributed by atoms with E-state index in [0.29, 0.717) is 18.1 Å². The predicted molar refractivity (Wildman–Crippen MR) is 89.5 cm³/mol. The van der Waals surface area contributed by atoms with Gasteiger partial charge in [0.15, 0.2) is 0 Å². The Balaban J connectivity index is 1.65. The third-order valence-electron chi connectivity index (χ3n) is 4.42. The molecule has 0 radical (unpaired) electrons. The Hall–Kier alpha value is -1.80. The van der Waals surface area contributed by atoms with E-state index in [4.69, 9.17) is 9.47 Å². The number of para-hydroxylation sites is 1. The summed E-state index contributed by atoms with van der Waals surface area (Å²) < 4.78 is 11.6. The summed E-state index contributed by atoms with van der Waals surface area (Å²) in [5, 5.41) is 0. The highest BCUT2D eigenvalue weighted by molar-refractivity contribution is 5.38. The minimum atomic E-state index is 0.449. The summed E-state index contributed by atoms with van der Waals surface area (Å²) in [5.74, 6) is 2.35. The fourth-order valence-electron chi connectivity index (χ4n) is 3.03.